The third-order valence-electron chi connectivity index (χ3n) is 4.24. The average Bonchev–Trinajstić information content (AvgIpc) is 3.08. The van der Waals surface area contributed by atoms with Crippen LogP contribution in [0.15, 0.2) is 59.5 Å². The minimum atomic E-state index is -4.16. The van der Waals surface area contributed by atoms with Gasteiger partial charge >= 0.3 is 0 Å². The van der Waals surface area contributed by atoms with E-state index in [9.17, 15) is 18.5 Å². The Balaban J connectivity index is 1.69. The van der Waals surface area contributed by atoms with Crippen molar-refractivity contribution < 1.29 is 13.3 Å². The summed E-state index contributed by atoms with van der Waals surface area (Å²) in [7, 11) is -4.16. The molecule has 0 radical (unpaired) electrons. The number of fused-ring (bicyclic) bond motifs is 1. The highest BCUT2D eigenvalue weighted by Crippen LogP contribution is 2.29. The summed E-state index contributed by atoms with van der Waals surface area (Å²) < 4.78 is 29.5. The van der Waals surface area contributed by atoms with Crippen molar-refractivity contribution in [3.63, 3.8) is 0 Å². The lowest BCUT2D eigenvalue weighted by atomic mass is 10.1. The molecule has 2 aromatic carbocycles. The van der Waals surface area contributed by atoms with Crippen molar-refractivity contribution in [2.45, 2.75) is 11.8 Å². The number of aromatic nitrogens is 4. The molecule has 4 aromatic rings. The Morgan fingerprint density at radius 3 is 2.67 bits per heavy atom. The number of aryl methyl sites for hydroxylation is 1. The molecule has 0 saturated carbocycles. The van der Waals surface area contributed by atoms with Gasteiger partial charge in [-0.2, -0.15) is 9.61 Å². The van der Waals surface area contributed by atoms with E-state index in [1.54, 1.807) is 47.8 Å². The first-order valence-corrected chi connectivity index (χ1v) is 10.4. The van der Waals surface area contributed by atoms with Gasteiger partial charge in [-0.3, -0.25) is 14.8 Å². The Kier molecular flexibility index (Phi) is 4.84. The van der Waals surface area contributed by atoms with Crippen LogP contribution < -0.4 is 4.72 Å². The number of rotatable bonds is 5. The number of hydrogen-bond donors (Lipinski definition) is 1. The molecular weight excluding hydrogens is 432 g/mol. The summed E-state index contributed by atoms with van der Waals surface area (Å²) >= 11 is 5.97. The van der Waals surface area contributed by atoms with Crippen LogP contribution in [0.4, 0.5) is 11.4 Å². The molecule has 0 aliphatic heterocycles. The fourth-order valence-electron chi connectivity index (χ4n) is 2.81. The Morgan fingerprint density at radius 1 is 1.10 bits per heavy atom. The first kappa shape index (κ1) is 19.7. The van der Waals surface area contributed by atoms with Crippen LogP contribution in [0.5, 0.6) is 0 Å². The van der Waals surface area contributed by atoms with Gasteiger partial charge in [-0.1, -0.05) is 23.7 Å². The number of nitro groups is 1. The van der Waals surface area contributed by atoms with E-state index in [2.05, 4.69) is 20.0 Å². The second-order valence-corrected chi connectivity index (χ2v) is 8.35. The molecule has 0 fully saturated rings. The van der Waals surface area contributed by atoms with E-state index in [1.165, 1.54) is 6.07 Å². The Labute approximate surface area is 175 Å². The molecule has 2 heterocycles. The molecule has 4 rings (SSSR count). The van der Waals surface area contributed by atoms with E-state index >= 15 is 0 Å². The van der Waals surface area contributed by atoms with Crippen molar-refractivity contribution >= 4 is 38.6 Å². The molecule has 12 heteroatoms. The van der Waals surface area contributed by atoms with Gasteiger partial charge in [-0.05, 0) is 37.3 Å². The van der Waals surface area contributed by atoms with Gasteiger partial charge in [-0.15, -0.1) is 10.2 Å². The van der Waals surface area contributed by atoms with Crippen LogP contribution >= 0.6 is 11.6 Å². The normalized spacial score (nSPS) is 11.5. The molecule has 0 amide bonds. The topological polar surface area (TPSA) is 132 Å². The number of nitrogens with zero attached hydrogens (tertiary/aromatic N) is 5. The summed E-state index contributed by atoms with van der Waals surface area (Å²) in [5.74, 6) is 0.615. The van der Waals surface area contributed by atoms with Crippen molar-refractivity contribution in [2.24, 2.45) is 0 Å². The van der Waals surface area contributed by atoms with E-state index in [0.717, 1.165) is 12.1 Å². The molecular formula is C18H13ClN6O4S. The maximum atomic E-state index is 12.8. The molecule has 10 nitrogen and oxygen atoms in total. The average molecular weight is 445 g/mol. The molecule has 0 spiro atoms. The van der Waals surface area contributed by atoms with E-state index in [4.69, 9.17) is 11.6 Å². The van der Waals surface area contributed by atoms with Gasteiger partial charge in [0.15, 0.2) is 11.5 Å². The molecule has 1 N–H and O–H groups in total. The third-order valence-corrected chi connectivity index (χ3v) is 6.11. The van der Waals surface area contributed by atoms with Crippen LogP contribution in [0.2, 0.25) is 5.02 Å². The number of sulfonamides is 1. The van der Waals surface area contributed by atoms with Gasteiger partial charge in [-0.25, -0.2) is 8.42 Å². The van der Waals surface area contributed by atoms with E-state index in [1.807, 2.05) is 0 Å². The molecule has 2 aromatic heterocycles. The summed E-state index contributed by atoms with van der Waals surface area (Å²) in [6.45, 7) is 1.77. The van der Waals surface area contributed by atoms with Crippen LogP contribution in [-0.4, -0.2) is 33.2 Å². The molecule has 0 atom stereocenters. The van der Waals surface area contributed by atoms with Crippen LogP contribution in [0.25, 0.3) is 16.9 Å². The van der Waals surface area contributed by atoms with Gasteiger partial charge < -0.3 is 0 Å². The van der Waals surface area contributed by atoms with Crippen molar-refractivity contribution in [3.05, 3.63) is 75.6 Å². The lowest BCUT2D eigenvalue weighted by molar-refractivity contribution is -0.385. The smallest absolute Gasteiger partial charge is 0.270 e. The van der Waals surface area contributed by atoms with E-state index in [0.29, 0.717) is 22.7 Å². The van der Waals surface area contributed by atoms with Crippen LogP contribution in [0.1, 0.15) is 5.82 Å². The summed E-state index contributed by atoms with van der Waals surface area (Å²) in [5, 5.41) is 23.3. The third kappa shape index (κ3) is 3.67. The maximum Gasteiger partial charge on any atom is 0.270 e. The van der Waals surface area contributed by atoms with Crippen molar-refractivity contribution in [1.82, 2.24) is 19.8 Å². The lowest BCUT2D eigenvalue weighted by Crippen LogP contribution is -2.14. The Hall–Kier alpha value is -3.57. The molecule has 0 bridgehead atoms. The second kappa shape index (κ2) is 7.35. The molecule has 0 saturated heterocycles. The first-order chi connectivity index (χ1) is 14.2. The zero-order valence-electron chi connectivity index (χ0n) is 15.4. The Bertz CT molecular complexity index is 1400. The van der Waals surface area contributed by atoms with Crippen LogP contribution in [-0.2, 0) is 10.0 Å². The number of non-ortho nitro benzene ring substituents is 1. The van der Waals surface area contributed by atoms with Crippen molar-refractivity contribution in [1.29, 1.82) is 0 Å². The number of halogens is 1. The van der Waals surface area contributed by atoms with Gasteiger partial charge in [0.1, 0.15) is 4.90 Å². The number of nitrogens with one attached hydrogen (secondary N) is 1. The van der Waals surface area contributed by atoms with E-state index < -0.39 is 14.9 Å². The predicted octanol–water partition coefficient (Wildman–Crippen LogP) is 3.46. The minimum Gasteiger partial charge on any atom is -0.280 e. The first-order valence-electron chi connectivity index (χ1n) is 8.51. The highest BCUT2D eigenvalue weighted by Gasteiger charge is 2.22. The Morgan fingerprint density at radius 2 is 1.90 bits per heavy atom. The molecule has 30 heavy (non-hydrogen) atoms. The van der Waals surface area contributed by atoms with Crippen molar-refractivity contribution in [2.75, 3.05) is 4.72 Å². The molecule has 0 unspecified atom stereocenters. The zero-order chi connectivity index (χ0) is 21.5. The standard InChI is InChI=1S/C18H13ClN6O4S/c1-11-20-21-18-8-7-16(22-24(11)18)12-3-2-4-13(9-12)23-30(28,29)17-10-14(25(26)27)5-6-15(17)19/h2-10,23H,1H3. The second-order valence-electron chi connectivity index (χ2n) is 6.29. The number of nitro benzene ring substituents is 1. The highest BCUT2D eigenvalue weighted by molar-refractivity contribution is 7.92. The minimum absolute atomic E-state index is 0.126. The van der Waals surface area contributed by atoms with Crippen LogP contribution in [0, 0.1) is 17.0 Å². The van der Waals surface area contributed by atoms with Gasteiger partial charge in [0.2, 0.25) is 0 Å². The van der Waals surface area contributed by atoms with Gasteiger partial charge in [0.25, 0.3) is 15.7 Å². The summed E-state index contributed by atoms with van der Waals surface area (Å²) in [6.07, 6.45) is 0. The monoisotopic (exact) mass is 444 g/mol. The lowest BCUT2D eigenvalue weighted by Gasteiger charge is -2.11. The molecule has 152 valence electrons. The number of benzene rings is 2. The number of hydrogen-bond acceptors (Lipinski definition) is 7. The summed E-state index contributed by atoms with van der Waals surface area (Å²) in [5.41, 5.74) is 1.69. The predicted molar refractivity (Wildman–Crippen MR) is 110 cm³/mol. The highest BCUT2D eigenvalue weighted by atomic mass is 35.5. The summed E-state index contributed by atoms with van der Waals surface area (Å²) in [6, 6.07) is 13.3. The molecule has 0 aliphatic rings. The quantitative estimate of drug-likeness (QED) is 0.368. The fraction of sp³-hybridized carbons (Fsp3) is 0.0556. The van der Waals surface area contributed by atoms with Gasteiger partial charge in [0, 0.05) is 23.4 Å². The SMILES string of the molecule is Cc1nnc2ccc(-c3cccc(NS(=O)(=O)c4cc([N+](=O)[O-])ccc4Cl)c3)nn12. The summed E-state index contributed by atoms with van der Waals surface area (Å²) in [4.78, 5) is 9.90. The maximum absolute atomic E-state index is 12.8. The zero-order valence-corrected chi connectivity index (χ0v) is 16.9. The molecule has 0 aliphatic carbocycles. The van der Waals surface area contributed by atoms with E-state index in [-0.39, 0.29) is 21.3 Å². The largest absolute Gasteiger partial charge is 0.280 e. The number of anilines is 1. The van der Waals surface area contributed by atoms with Crippen LogP contribution in [0.3, 0.4) is 0 Å². The van der Waals surface area contributed by atoms with Crippen molar-refractivity contribution in [3.8, 4) is 11.3 Å². The fourth-order valence-corrected chi connectivity index (χ4v) is 4.38. The van der Waals surface area contributed by atoms with Gasteiger partial charge in [0.05, 0.1) is 15.6 Å².